The van der Waals surface area contributed by atoms with Crippen molar-refractivity contribution in [3.8, 4) is 11.5 Å². The van der Waals surface area contributed by atoms with Gasteiger partial charge in [0.15, 0.2) is 11.6 Å². The SMILES string of the molecule is CC(=O)[C@H](CCCCNC(=O)[C@@H](N)CCCCNC(=O)COCCOCCCC(=O)COCCOCCNC(=O)CC[C@H](NC(=O)CCCCCCCCCCOc1ccc(C(=O)O)cc1)C(=O)O)CC(=O)[C@@H](C)CCCCNC(=O)[C@@H](N)CCCCCC(=O)COCCOCCNC(=O)COCCOCCCC(=O)CC[C@H](NC(=O)CCCCCCCCCCOc1ccc(C(=O)O)cc1)C(=O)O.[HH].[HH]. The molecule has 0 aromatic heterocycles. The zero-order valence-corrected chi connectivity index (χ0v) is 82.4. The summed E-state index contributed by atoms with van der Waals surface area (Å²) < 4.78 is 54.8. The monoisotopic (exact) mass is 1970 g/mol. The summed E-state index contributed by atoms with van der Waals surface area (Å²) in [5, 5.41) is 56.1. The van der Waals surface area contributed by atoms with Gasteiger partial charge in [-0.3, -0.25) is 57.5 Å². The summed E-state index contributed by atoms with van der Waals surface area (Å²) in [4.78, 5) is 195. The first-order valence-electron chi connectivity index (χ1n) is 50.1. The fourth-order valence-electron chi connectivity index (χ4n) is 14.3. The normalized spacial score (nSPS) is 12.5. The van der Waals surface area contributed by atoms with Gasteiger partial charge in [0.2, 0.25) is 41.4 Å². The Morgan fingerprint density at radius 3 is 1.07 bits per heavy atom. The molecule has 2 aromatic carbocycles. The van der Waals surface area contributed by atoms with Crippen molar-refractivity contribution in [2.75, 3.05) is 152 Å². The lowest BCUT2D eigenvalue weighted by molar-refractivity contribution is -0.142. The lowest BCUT2D eigenvalue weighted by Gasteiger charge is -2.17. The number of amides is 7. The van der Waals surface area contributed by atoms with Gasteiger partial charge in [-0.2, -0.15) is 0 Å². The molecular formula is C100H167N9O30. The van der Waals surface area contributed by atoms with E-state index in [1.807, 2.05) is 6.92 Å². The second-order valence-electron chi connectivity index (χ2n) is 34.8. The zero-order valence-electron chi connectivity index (χ0n) is 82.4. The van der Waals surface area contributed by atoms with Gasteiger partial charge in [0, 0.05) is 112 Å². The van der Waals surface area contributed by atoms with Crippen LogP contribution in [0.1, 0.15) is 301 Å². The van der Waals surface area contributed by atoms with Gasteiger partial charge in [-0.15, -0.1) is 0 Å². The number of aliphatic carboxylic acids is 2. The molecule has 0 aliphatic heterocycles. The number of nitrogens with two attached hydrogens (primary N) is 2. The summed E-state index contributed by atoms with van der Waals surface area (Å²) in [7, 11) is 0. The molecule has 0 radical (unpaired) electrons. The lowest BCUT2D eigenvalue weighted by Crippen LogP contribution is -2.41. The van der Waals surface area contributed by atoms with Gasteiger partial charge in [-0.05, 0) is 165 Å². The topological polar surface area (TPSA) is 583 Å². The van der Waals surface area contributed by atoms with Crippen LogP contribution in [0.25, 0.3) is 0 Å². The van der Waals surface area contributed by atoms with Gasteiger partial charge in [-0.25, -0.2) is 19.2 Å². The van der Waals surface area contributed by atoms with Crippen LogP contribution in [0.15, 0.2) is 48.5 Å². The molecule has 0 aliphatic carbocycles. The number of carboxylic acid groups (broad SMARTS) is 4. The van der Waals surface area contributed by atoms with Gasteiger partial charge in [0.05, 0.1) is 102 Å². The van der Waals surface area contributed by atoms with Crippen LogP contribution in [0.2, 0.25) is 0 Å². The van der Waals surface area contributed by atoms with E-state index in [1.54, 1.807) is 24.3 Å². The van der Waals surface area contributed by atoms with Gasteiger partial charge in [0.25, 0.3) is 0 Å². The van der Waals surface area contributed by atoms with Crippen molar-refractivity contribution < 1.29 is 147 Å². The number of carbonyl (C=O) groups excluding carboxylic acids is 12. The first-order valence-corrected chi connectivity index (χ1v) is 50.1. The van der Waals surface area contributed by atoms with Gasteiger partial charge >= 0.3 is 23.9 Å². The van der Waals surface area contributed by atoms with Crippen molar-refractivity contribution in [1.29, 1.82) is 0 Å². The Bertz CT molecular complexity index is 3800. The molecule has 6 atom stereocenters. The van der Waals surface area contributed by atoms with E-state index in [2.05, 4.69) is 37.2 Å². The number of Topliss-reactive ketones (excluding diaryl/α,β-unsaturated/α-hetero) is 5. The quantitative estimate of drug-likeness (QED) is 0.0274. The molecule has 2 aromatic rings. The maximum atomic E-state index is 13.2. The Kier molecular flexibility index (Phi) is 75.6. The standard InChI is InChI=1S/C100H163N9O30.2H2/c1-75(30-20-23-52-106-95(120)85(101)35-17-15-16-32-81(112)71-134-66-65-133-61-55-105-94(119)74-137-69-62-130-56-28-33-80(111)43-48-87(99(126)127)108-91(116)37-18-11-7-3-5-9-13-26-58-138-83-44-39-77(40-45-83)97(122)123)89(114)70-79(76(2)110)31-21-24-53-107-96(121)86(102)36-22-25-51-103-93(118)73-136-68-63-131-57-29-34-82(113)72-135-67-64-132-60-54-104-90(115)50-49-88(100(128)129)109-92(117)38-19-12-8-4-6-10-14-27-59-139-84-46-41-78(42-47-84)98(124)125;;/h39-42,44-47,75,79,85-88H,3-38,43,48-74,101-102H2,1-2H3,(H,103,118)(H,104,115)(H,105,119)(H,106,120)(H,107,121)(H,108,116)(H,109,117)(H,122,123)(H,124,125)(H,126,127)(H,128,129);2*1H/t75-,79+,85-,86-,87-,88-;;/m0../s1. The van der Waals surface area contributed by atoms with E-state index in [0.717, 1.165) is 89.9 Å². The summed E-state index contributed by atoms with van der Waals surface area (Å²) in [6, 6.07) is 8.85. The predicted octanol–water partition coefficient (Wildman–Crippen LogP) is 9.65. The van der Waals surface area contributed by atoms with Crippen molar-refractivity contribution in [3.05, 3.63) is 59.7 Å². The lowest BCUT2D eigenvalue weighted by atomic mass is 9.87. The Morgan fingerprint density at radius 2 is 0.640 bits per heavy atom. The highest BCUT2D eigenvalue weighted by Crippen LogP contribution is 2.22. The average molecular weight is 1980 g/mol. The van der Waals surface area contributed by atoms with Crippen LogP contribution >= 0.6 is 0 Å². The van der Waals surface area contributed by atoms with Crippen LogP contribution in [0, 0.1) is 11.8 Å². The number of nitrogens with one attached hydrogen (secondary N) is 7. The van der Waals surface area contributed by atoms with E-state index in [9.17, 15) is 86.9 Å². The highest BCUT2D eigenvalue weighted by atomic mass is 16.5. The molecular weight excluding hydrogens is 1810 g/mol. The number of benzene rings is 2. The van der Waals surface area contributed by atoms with Crippen molar-refractivity contribution in [3.63, 3.8) is 0 Å². The predicted molar refractivity (Wildman–Crippen MR) is 521 cm³/mol. The molecule has 0 spiro atoms. The average Bonchev–Trinajstić information content (AvgIpc) is 0.900. The number of hydrogen-bond donors (Lipinski definition) is 13. The number of hydrogen-bond acceptors (Lipinski definition) is 28. The molecule has 0 fully saturated rings. The molecule has 0 unspecified atom stereocenters. The molecule has 0 heterocycles. The highest BCUT2D eigenvalue weighted by molar-refractivity contribution is 5.90. The van der Waals surface area contributed by atoms with Crippen LogP contribution in [-0.2, 0) is 105 Å². The molecule has 2 rings (SSSR count). The fraction of sp³-hybridized carbons (Fsp3) is 0.720. The Morgan fingerprint density at radius 1 is 0.302 bits per heavy atom. The highest BCUT2D eigenvalue weighted by Gasteiger charge is 2.26. The van der Waals surface area contributed by atoms with E-state index in [-0.39, 0.29) is 260 Å². The van der Waals surface area contributed by atoms with Gasteiger partial charge < -0.3 is 116 Å². The van der Waals surface area contributed by atoms with Crippen LogP contribution in [-0.4, -0.2) is 290 Å². The first-order chi connectivity index (χ1) is 67.0. The minimum absolute atomic E-state index is 0. The van der Waals surface area contributed by atoms with E-state index < -0.39 is 54.0 Å². The fourth-order valence-corrected chi connectivity index (χ4v) is 14.3. The molecule has 39 heteroatoms. The number of carboxylic acids is 4. The Balaban J connectivity index is 0.0000980. The van der Waals surface area contributed by atoms with Gasteiger partial charge in [0.1, 0.15) is 67.4 Å². The third-order valence-corrected chi connectivity index (χ3v) is 22.7. The zero-order chi connectivity index (χ0) is 102. The third-order valence-electron chi connectivity index (χ3n) is 22.7. The van der Waals surface area contributed by atoms with E-state index in [0.29, 0.717) is 167 Å². The molecule has 0 bridgehead atoms. The molecule has 39 nitrogen and oxygen atoms in total. The summed E-state index contributed by atoms with van der Waals surface area (Å²) in [5.41, 5.74) is 12.7. The number of ether oxygens (including phenoxy) is 10. The van der Waals surface area contributed by atoms with Crippen molar-refractivity contribution in [1.82, 2.24) is 37.2 Å². The second kappa shape index (κ2) is 83.9. The minimum atomic E-state index is -1.22. The molecule has 0 saturated carbocycles. The second-order valence-corrected chi connectivity index (χ2v) is 34.8. The van der Waals surface area contributed by atoms with E-state index in [1.165, 1.54) is 31.2 Å². The molecule has 0 saturated heterocycles. The number of rotatable bonds is 97. The molecule has 15 N–H and O–H groups in total. The molecule has 139 heavy (non-hydrogen) atoms. The van der Waals surface area contributed by atoms with Crippen molar-refractivity contribution in [2.45, 2.75) is 301 Å². The Labute approximate surface area is 822 Å². The van der Waals surface area contributed by atoms with Gasteiger partial charge in [-0.1, -0.05) is 110 Å². The summed E-state index contributed by atoms with van der Waals surface area (Å²) in [6.07, 6.45) is 24.6. The van der Waals surface area contributed by atoms with Crippen molar-refractivity contribution in [2.24, 2.45) is 23.3 Å². The van der Waals surface area contributed by atoms with Crippen LogP contribution < -0.4 is 58.2 Å². The number of ketones is 5. The number of unbranched alkanes of at least 4 members (excludes halogenated alkanes) is 19. The summed E-state index contributed by atoms with van der Waals surface area (Å²) in [6.45, 7) is 7.97. The van der Waals surface area contributed by atoms with Crippen LogP contribution in [0.4, 0.5) is 0 Å². The molecule has 7 amide bonds. The molecule has 0 aliphatic rings. The van der Waals surface area contributed by atoms with Crippen LogP contribution in [0.5, 0.6) is 11.5 Å². The van der Waals surface area contributed by atoms with Crippen molar-refractivity contribution >= 4 is 94.1 Å². The number of carbonyl (C=O) groups is 16. The molecule has 792 valence electrons. The summed E-state index contributed by atoms with van der Waals surface area (Å²) in [5.74, 6) is -6.49. The Hall–Kier alpha value is -9.84. The maximum Gasteiger partial charge on any atom is 0.335 e. The van der Waals surface area contributed by atoms with E-state index >= 15 is 0 Å². The van der Waals surface area contributed by atoms with Crippen LogP contribution in [0.3, 0.4) is 0 Å². The largest absolute Gasteiger partial charge is 0.494 e. The minimum Gasteiger partial charge on any atom is -0.494 e. The number of aromatic carboxylic acids is 2. The van der Waals surface area contributed by atoms with E-state index in [4.69, 9.17) is 69.0 Å². The third kappa shape index (κ3) is 72.1. The smallest absolute Gasteiger partial charge is 0.335 e. The summed E-state index contributed by atoms with van der Waals surface area (Å²) >= 11 is 0. The maximum absolute atomic E-state index is 13.2. The first kappa shape index (κ1) is 125.